The summed E-state index contributed by atoms with van der Waals surface area (Å²) in [7, 11) is 3.38. The van der Waals surface area contributed by atoms with Crippen LogP contribution in [-0.2, 0) is 4.74 Å². The lowest BCUT2D eigenvalue weighted by Gasteiger charge is -2.09. The molecule has 2 aromatic rings. The maximum Gasteiger partial charge on any atom is 0.120 e. The maximum atomic E-state index is 5.47. The van der Waals surface area contributed by atoms with Crippen LogP contribution in [-0.4, -0.2) is 14.2 Å². The first-order valence-corrected chi connectivity index (χ1v) is 7.41. The van der Waals surface area contributed by atoms with Crippen molar-refractivity contribution in [2.75, 3.05) is 14.2 Å². The molecule has 0 aromatic heterocycles. The predicted molar refractivity (Wildman–Crippen MR) is 87.1 cm³/mol. The van der Waals surface area contributed by atoms with E-state index in [2.05, 4.69) is 36.4 Å². The van der Waals surface area contributed by atoms with E-state index in [4.69, 9.17) is 9.47 Å². The van der Waals surface area contributed by atoms with Gasteiger partial charge in [-0.2, -0.15) is 0 Å². The van der Waals surface area contributed by atoms with E-state index in [-0.39, 0.29) is 0 Å². The smallest absolute Gasteiger partial charge is 0.120 e. The van der Waals surface area contributed by atoms with Crippen LogP contribution in [0, 0.1) is 6.07 Å². The summed E-state index contributed by atoms with van der Waals surface area (Å²) in [6, 6.07) is 17.1. The number of thioether (sulfide) groups is 1. The molecule has 0 aliphatic carbocycles. The van der Waals surface area contributed by atoms with Crippen molar-refractivity contribution in [3.63, 3.8) is 0 Å². The molecule has 0 amide bonds. The Morgan fingerprint density at radius 1 is 0.952 bits per heavy atom. The molecule has 0 bridgehead atoms. The number of benzene rings is 2. The molecule has 1 radical (unpaired) electrons. The summed E-state index contributed by atoms with van der Waals surface area (Å²) in [6.45, 7) is 0. The minimum atomic E-state index is 0.842. The number of ether oxygens (including phenoxy) is 2. The van der Waals surface area contributed by atoms with Crippen LogP contribution in [0.5, 0.6) is 5.75 Å². The normalized spacial score (nSPS) is 13.6. The standard InChI is InChI=1S/C18H15O2S/c1-19-15-9-8-14-10-16(20-2)12-17(21-18(14)11-15)13-6-4-3-5-7-13/h4-12H,1-2H3. The second-order valence-electron chi connectivity index (χ2n) is 4.55. The first-order valence-electron chi connectivity index (χ1n) is 6.60. The van der Waals surface area contributed by atoms with Gasteiger partial charge in [-0.25, -0.2) is 0 Å². The van der Waals surface area contributed by atoms with Gasteiger partial charge in [-0.05, 0) is 41.5 Å². The monoisotopic (exact) mass is 295 g/mol. The molecule has 0 fully saturated rings. The summed E-state index contributed by atoms with van der Waals surface area (Å²) >= 11 is 1.71. The molecule has 1 aliphatic rings. The number of rotatable bonds is 3. The van der Waals surface area contributed by atoms with Crippen LogP contribution >= 0.6 is 11.8 Å². The van der Waals surface area contributed by atoms with Crippen molar-refractivity contribution >= 4 is 22.7 Å². The average molecular weight is 295 g/mol. The third-order valence-corrected chi connectivity index (χ3v) is 4.40. The van der Waals surface area contributed by atoms with Gasteiger partial charge in [-0.1, -0.05) is 42.1 Å². The molecule has 3 heteroatoms. The van der Waals surface area contributed by atoms with Crippen molar-refractivity contribution in [2.24, 2.45) is 0 Å². The van der Waals surface area contributed by atoms with E-state index in [9.17, 15) is 0 Å². The Kier molecular flexibility index (Phi) is 4.02. The Labute approximate surface area is 129 Å². The largest absolute Gasteiger partial charge is 0.497 e. The molecule has 0 saturated heterocycles. The molecule has 0 spiro atoms. The highest BCUT2D eigenvalue weighted by atomic mass is 32.2. The molecule has 21 heavy (non-hydrogen) atoms. The highest BCUT2D eigenvalue weighted by molar-refractivity contribution is 8.08. The van der Waals surface area contributed by atoms with Crippen LogP contribution in [0.4, 0.5) is 0 Å². The van der Waals surface area contributed by atoms with Gasteiger partial charge in [0.2, 0.25) is 0 Å². The number of fused-ring (bicyclic) bond motifs is 1. The lowest BCUT2D eigenvalue weighted by Crippen LogP contribution is -1.86. The molecule has 1 heterocycles. The minimum Gasteiger partial charge on any atom is -0.497 e. The van der Waals surface area contributed by atoms with Crippen molar-refractivity contribution < 1.29 is 9.47 Å². The van der Waals surface area contributed by atoms with Crippen LogP contribution < -0.4 is 4.74 Å². The first kappa shape index (κ1) is 13.8. The third kappa shape index (κ3) is 2.98. The third-order valence-electron chi connectivity index (χ3n) is 3.25. The van der Waals surface area contributed by atoms with Gasteiger partial charge in [0.15, 0.2) is 0 Å². The summed E-state index contributed by atoms with van der Waals surface area (Å²) in [6.07, 6.45) is 4.11. The van der Waals surface area contributed by atoms with E-state index in [1.54, 1.807) is 26.0 Å². The van der Waals surface area contributed by atoms with Crippen LogP contribution in [0.1, 0.15) is 11.1 Å². The predicted octanol–water partition coefficient (Wildman–Crippen LogP) is 4.63. The highest BCUT2D eigenvalue weighted by Gasteiger charge is 2.14. The maximum absolute atomic E-state index is 5.47. The second kappa shape index (κ2) is 6.10. The topological polar surface area (TPSA) is 18.5 Å². The van der Waals surface area contributed by atoms with Gasteiger partial charge in [-0.3, -0.25) is 0 Å². The number of allylic oxidation sites excluding steroid dienone is 1. The fraction of sp³-hybridized carbons (Fsp3) is 0.111. The van der Waals surface area contributed by atoms with Gasteiger partial charge < -0.3 is 9.47 Å². The quantitative estimate of drug-likeness (QED) is 0.822. The van der Waals surface area contributed by atoms with Crippen molar-refractivity contribution in [1.82, 2.24) is 0 Å². The Bertz CT molecular complexity index is 702. The van der Waals surface area contributed by atoms with Crippen molar-refractivity contribution in [3.8, 4) is 5.75 Å². The Morgan fingerprint density at radius 3 is 2.48 bits per heavy atom. The number of methoxy groups -OCH3 is 2. The van der Waals surface area contributed by atoms with Crippen LogP contribution in [0.3, 0.4) is 0 Å². The summed E-state index contributed by atoms with van der Waals surface area (Å²) in [4.78, 5) is 2.30. The molecular weight excluding hydrogens is 280 g/mol. The number of hydrogen-bond acceptors (Lipinski definition) is 3. The average Bonchev–Trinajstić information content (AvgIpc) is 2.74. The Morgan fingerprint density at radius 2 is 1.76 bits per heavy atom. The molecule has 3 rings (SSSR count). The molecule has 2 nitrogen and oxygen atoms in total. The molecule has 0 saturated carbocycles. The van der Waals surface area contributed by atoms with E-state index in [0.29, 0.717) is 0 Å². The molecule has 1 aliphatic heterocycles. The molecule has 105 valence electrons. The lowest BCUT2D eigenvalue weighted by molar-refractivity contribution is 0.311. The van der Waals surface area contributed by atoms with Crippen LogP contribution in [0.25, 0.3) is 11.0 Å². The molecule has 0 unspecified atom stereocenters. The zero-order valence-electron chi connectivity index (χ0n) is 11.9. The van der Waals surface area contributed by atoms with Gasteiger partial charge in [-0.15, -0.1) is 0 Å². The zero-order chi connectivity index (χ0) is 14.7. The first-order chi connectivity index (χ1) is 10.3. The molecule has 0 N–H and O–H groups in total. The zero-order valence-corrected chi connectivity index (χ0v) is 12.7. The Hall–Kier alpha value is -2.13. The lowest BCUT2D eigenvalue weighted by atomic mass is 10.1. The minimum absolute atomic E-state index is 0.842. The van der Waals surface area contributed by atoms with Gasteiger partial charge in [0.05, 0.1) is 14.2 Å². The van der Waals surface area contributed by atoms with Crippen molar-refractivity contribution in [1.29, 1.82) is 0 Å². The van der Waals surface area contributed by atoms with Gasteiger partial charge in [0.1, 0.15) is 11.5 Å². The second-order valence-corrected chi connectivity index (χ2v) is 5.64. The van der Waals surface area contributed by atoms with Crippen molar-refractivity contribution in [2.45, 2.75) is 4.90 Å². The van der Waals surface area contributed by atoms with Crippen molar-refractivity contribution in [3.05, 3.63) is 71.5 Å². The van der Waals surface area contributed by atoms with Crippen LogP contribution in [0.2, 0.25) is 0 Å². The summed E-state index contributed by atoms with van der Waals surface area (Å²) in [5, 5.41) is 0. The van der Waals surface area contributed by atoms with Gasteiger partial charge in [0.25, 0.3) is 0 Å². The van der Waals surface area contributed by atoms with E-state index >= 15 is 0 Å². The van der Waals surface area contributed by atoms with Gasteiger partial charge >= 0.3 is 0 Å². The SMILES string of the molecule is COC1=Cc2ccc(OC)cc2SC(c2cc[c]cc2)=C1. The Balaban J connectivity index is 2.08. The van der Waals surface area contributed by atoms with E-state index in [1.807, 2.05) is 24.3 Å². The van der Waals surface area contributed by atoms with Gasteiger partial charge in [0, 0.05) is 9.80 Å². The molecule has 2 aromatic carbocycles. The summed E-state index contributed by atoms with van der Waals surface area (Å²) in [5.41, 5.74) is 2.28. The van der Waals surface area contributed by atoms with E-state index in [1.165, 1.54) is 0 Å². The summed E-state index contributed by atoms with van der Waals surface area (Å²) < 4.78 is 10.8. The fourth-order valence-corrected chi connectivity index (χ4v) is 3.22. The van der Waals surface area contributed by atoms with E-state index < -0.39 is 0 Å². The van der Waals surface area contributed by atoms with Crippen LogP contribution in [0.15, 0.2) is 59.2 Å². The number of hydrogen-bond donors (Lipinski definition) is 0. The fourth-order valence-electron chi connectivity index (χ4n) is 2.13. The molecular formula is C18H15O2S. The summed E-state index contributed by atoms with van der Waals surface area (Å²) in [5.74, 6) is 1.70. The molecule has 0 atom stereocenters. The highest BCUT2D eigenvalue weighted by Crippen LogP contribution is 2.41. The van der Waals surface area contributed by atoms with E-state index in [0.717, 1.165) is 32.4 Å².